The van der Waals surface area contributed by atoms with Gasteiger partial charge < -0.3 is 19.9 Å². The predicted molar refractivity (Wildman–Crippen MR) is 87.6 cm³/mol. The molecule has 1 amide bonds. The molecule has 2 saturated heterocycles. The third kappa shape index (κ3) is 3.37. The van der Waals surface area contributed by atoms with Gasteiger partial charge in [-0.25, -0.2) is 0 Å². The van der Waals surface area contributed by atoms with Gasteiger partial charge in [0.25, 0.3) is 0 Å². The van der Waals surface area contributed by atoms with Crippen LogP contribution in [-0.2, 0) is 9.53 Å². The van der Waals surface area contributed by atoms with E-state index >= 15 is 0 Å². The second-order valence-corrected chi connectivity index (χ2v) is 6.26. The topological polar surface area (TPSA) is 44.8 Å². The van der Waals surface area contributed by atoms with Gasteiger partial charge >= 0.3 is 0 Å². The van der Waals surface area contributed by atoms with Crippen LogP contribution in [-0.4, -0.2) is 62.8 Å². The Morgan fingerprint density at radius 3 is 2.77 bits per heavy atom. The molecule has 0 radical (unpaired) electrons. The van der Waals surface area contributed by atoms with E-state index < -0.39 is 0 Å². The molecule has 2 heterocycles. The summed E-state index contributed by atoms with van der Waals surface area (Å²) in [4.78, 5) is 16.7. The molecule has 2 fully saturated rings. The molecule has 120 valence electrons. The maximum Gasteiger partial charge on any atom is 0.242 e. The second-order valence-electron chi connectivity index (χ2n) is 5.82. The molecule has 1 aromatic rings. The fourth-order valence-electron chi connectivity index (χ4n) is 3.04. The molecule has 5 nitrogen and oxygen atoms in total. The van der Waals surface area contributed by atoms with Gasteiger partial charge in [0.2, 0.25) is 5.91 Å². The molecule has 3 rings (SSSR count). The quantitative estimate of drug-likeness (QED) is 0.890. The second kappa shape index (κ2) is 6.86. The van der Waals surface area contributed by atoms with E-state index in [1.54, 1.807) is 0 Å². The Bertz CT molecular complexity index is 538. The number of aryl methyl sites for hydroxylation is 1. The van der Waals surface area contributed by atoms with Gasteiger partial charge in [-0.05, 0) is 24.6 Å². The lowest BCUT2D eigenvalue weighted by molar-refractivity contribution is -0.136. The first-order chi connectivity index (χ1) is 10.6. The largest absolute Gasteiger partial charge is 0.378 e. The molecule has 0 aliphatic carbocycles. The van der Waals surface area contributed by atoms with Gasteiger partial charge in [0.15, 0.2) is 0 Å². The monoisotopic (exact) mass is 323 g/mol. The van der Waals surface area contributed by atoms with E-state index in [1.165, 1.54) is 11.3 Å². The Balaban J connectivity index is 1.60. The zero-order valence-corrected chi connectivity index (χ0v) is 13.6. The molecule has 1 unspecified atom stereocenters. The number of nitrogens with zero attached hydrogens (tertiary/aromatic N) is 2. The lowest BCUT2D eigenvalue weighted by Gasteiger charge is -2.38. The summed E-state index contributed by atoms with van der Waals surface area (Å²) in [6.45, 7) is 7.15. The van der Waals surface area contributed by atoms with Crippen LogP contribution in [0.15, 0.2) is 18.2 Å². The minimum atomic E-state index is -0.187. The van der Waals surface area contributed by atoms with Gasteiger partial charge in [0.1, 0.15) is 6.04 Å². The summed E-state index contributed by atoms with van der Waals surface area (Å²) in [7, 11) is 0. The number of hydrogen-bond donors (Lipinski definition) is 1. The number of benzene rings is 1. The number of anilines is 1. The molecule has 1 aromatic carbocycles. The Morgan fingerprint density at radius 1 is 1.32 bits per heavy atom. The Labute approximate surface area is 136 Å². The standard InChI is InChI=1S/C16H22ClN3O2/c1-12-2-3-13(17)10-15(12)19-5-7-20(8-6-19)16(21)14-11-22-9-4-18-14/h2-3,10,14,18H,4-9,11H2,1H3. The van der Waals surface area contributed by atoms with E-state index in [-0.39, 0.29) is 11.9 Å². The number of hydrogen-bond acceptors (Lipinski definition) is 4. The maximum absolute atomic E-state index is 12.5. The van der Waals surface area contributed by atoms with Crippen molar-refractivity contribution in [1.82, 2.24) is 10.2 Å². The summed E-state index contributed by atoms with van der Waals surface area (Å²) in [5.74, 6) is 0.155. The Kier molecular flexibility index (Phi) is 4.86. The smallest absolute Gasteiger partial charge is 0.242 e. The molecule has 1 atom stereocenters. The third-order valence-electron chi connectivity index (χ3n) is 4.32. The number of piperazine rings is 1. The first-order valence-electron chi connectivity index (χ1n) is 7.76. The molecule has 0 spiro atoms. The molecule has 6 heteroatoms. The number of carbonyl (C=O) groups excluding carboxylic acids is 1. The molecule has 0 saturated carbocycles. The predicted octanol–water partition coefficient (Wildman–Crippen LogP) is 1.29. The zero-order chi connectivity index (χ0) is 15.5. The molecule has 1 N–H and O–H groups in total. The average molecular weight is 324 g/mol. The molecular formula is C16H22ClN3O2. The van der Waals surface area contributed by atoms with E-state index in [0.29, 0.717) is 13.2 Å². The Hall–Kier alpha value is -1.30. The van der Waals surface area contributed by atoms with Crippen molar-refractivity contribution in [2.24, 2.45) is 0 Å². The average Bonchev–Trinajstić information content (AvgIpc) is 2.57. The van der Waals surface area contributed by atoms with Crippen molar-refractivity contribution in [2.45, 2.75) is 13.0 Å². The van der Waals surface area contributed by atoms with Crippen molar-refractivity contribution in [3.05, 3.63) is 28.8 Å². The highest BCUT2D eigenvalue weighted by molar-refractivity contribution is 6.30. The van der Waals surface area contributed by atoms with Crippen LogP contribution in [0.25, 0.3) is 0 Å². The zero-order valence-electron chi connectivity index (χ0n) is 12.8. The highest BCUT2D eigenvalue weighted by Gasteiger charge is 2.29. The van der Waals surface area contributed by atoms with Crippen molar-refractivity contribution >= 4 is 23.2 Å². The van der Waals surface area contributed by atoms with Crippen LogP contribution in [0.3, 0.4) is 0 Å². The van der Waals surface area contributed by atoms with Gasteiger partial charge in [-0.3, -0.25) is 4.79 Å². The maximum atomic E-state index is 12.5. The summed E-state index contributed by atoms with van der Waals surface area (Å²) in [6, 6.07) is 5.77. The van der Waals surface area contributed by atoms with Crippen molar-refractivity contribution in [1.29, 1.82) is 0 Å². The molecule has 0 aromatic heterocycles. The summed E-state index contributed by atoms with van der Waals surface area (Å²) < 4.78 is 5.38. The SMILES string of the molecule is Cc1ccc(Cl)cc1N1CCN(C(=O)C2COCCN2)CC1. The van der Waals surface area contributed by atoms with Crippen LogP contribution in [0.4, 0.5) is 5.69 Å². The van der Waals surface area contributed by atoms with Gasteiger partial charge in [-0.1, -0.05) is 17.7 Å². The number of carbonyl (C=O) groups is 1. The third-order valence-corrected chi connectivity index (χ3v) is 4.56. The first kappa shape index (κ1) is 15.6. The van der Waals surface area contributed by atoms with Crippen LogP contribution in [0.1, 0.15) is 5.56 Å². The summed E-state index contributed by atoms with van der Waals surface area (Å²) in [5, 5.41) is 3.98. The minimum absolute atomic E-state index is 0.155. The normalized spacial score (nSPS) is 22.7. The fourth-order valence-corrected chi connectivity index (χ4v) is 3.20. The van der Waals surface area contributed by atoms with E-state index in [9.17, 15) is 4.79 Å². The fraction of sp³-hybridized carbons (Fsp3) is 0.562. The van der Waals surface area contributed by atoms with Crippen molar-refractivity contribution in [3.8, 4) is 0 Å². The van der Waals surface area contributed by atoms with E-state index in [2.05, 4.69) is 17.1 Å². The van der Waals surface area contributed by atoms with Crippen LogP contribution < -0.4 is 10.2 Å². The molecule has 22 heavy (non-hydrogen) atoms. The van der Waals surface area contributed by atoms with Crippen LogP contribution in [0.5, 0.6) is 0 Å². The molecular weight excluding hydrogens is 302 g/mol. The van der Waals surface area contributed by atoms with Crippen LogP contribution >= 0.6 is 11.6 Å². The van der Waals surface area contributed by atoms with E-state index in [4.69, 9.17) is 16.3 Å². The van der Waals surface area contributed by atoms with Gasteiger partial charge in [0.05, 0.1) is 13.2 Å². The highest BCUT2D eigenvalue weighted by Crippen LogP contribution is 2.25. The number of ether oxygens (including phenoxy) is 1. The van der Waals surface area contributed by atoms with Gasteiger partial charge in [0, 0.05) is 43.4 Å². The lowest BCUT2D eigenvalue weighted by Crippen LogP contribution is -2.57. The number of rotatable bonds is 2. The van der Waals surface area contributed by atoms with Gasteiger partial charge in [-0.15, -0.1) is 0 Å². The van der Waals surface area contributed by atoms with Crippen LogP contribution in [0, 0.1) is 6.92 Å². The van der Waals surface area contributed by atoms with Crippen molar-refractivity contribution < 1.29 is 9.53 Å². The summed E-state index contributed by atoms with van der Waals surface area (Å²) >= 11 is 6.10. The van der Waals surface area contributed by atoms with E-state index in [0.717, 1.165) is 37.7 Å². The summed E-state index contributed by atoms with van der Waals surface area (Å²) in [6.07, 6.45) is 0. The lowest BCUT2D eigenvalue weighted by atomic mass is 10.1. The Morgan fingerprint density at radius 2 is 2.09 bits per heavy atom. The van der Waals surface area contributed by atoms with Crippen molar-refractivity contribution in [2.75, 3.05) is 50.8 Å². The number of nitrogens with one attached hydrogen (secondary N) is 1. The molecule has 2 aliphatic heterocycles. The number of amides is 1. The number of halogens is 1. The molecule has 2 aliphatic rings. The first-order valence-corrected chi connectivity index (χ1v) is 8.14. The summed E-state index contributed by atoms with van der Waals surface area (Å²) in [5.41, 5.74) is 2.38. The minimum Gasteiger partial charge on any atom is -0.378 e. The highest BCUT2D eigenvalue weighted by atomic mass is 35.5. The molecule has 0 bridgehead atoms. The number of morpholine rings is 1. The van der Waals surface area contributed by atoms with Gasteiger partial charge in [-0.2, -0.15) is 0 Å². The van der Waals surface area contributed by atoms with Crippen molar-refractivity contribution in [3.63, 3.8) is 0 Å². The van der Waals surface area contributed by atoms with Crippen LogP contribution in [0.2, 0.25) is 5.02 Å². The van der Waals surface area contributed by atoms with E-state index in [1.807, 2.05) is 23.1 Å².